The van der Waals surface area contributed by atoms with Crippen molar-refractivity contribution in [1.29, 1.82) is 0 Å². The Bertz CT molecular complexity index is 1400. The van der Waals surface area contributed by atoms with Gasteiger partial charge in [0.05, 0.1) is 15.1 Å². The fourth-order valence-electron chi connectivity index (χ4n) is 3.65. The van der Waals surface area contributed by atoms with Crippen LogP contribution in [0, 0.1) is 13.8 Å². The molecular formula is C22H22BrF3N6O3S. The maximum Gasteiger partial charge on any atom is 0.436 e. The first kappa shape index (κ1) is 26.1. The summed E-state index contributed by atoms with van der Waals surface area (Å²) in [5, 5.41) is 6.29. The molecule has 1 saturated carbocycles. The average Bonchev–Trinajstić information content (AvgIpc) is 3.53. The third-order valence-electron chi connectivity index (χ3n) is 5.51. The number of amides is 1. The molecule has 0 aliphatic heterocycles. The van der Waals surface area contributed by atoms with Crippen molar-refractivity contribution in [2.45, 2.75) is 56.6 Å². The van der Waals surface area contributed by atoms with Gasteiger partial charge in [-0.15, -0.1) is 0 Å². The van der Waals surface area contributed by atoms with E-state index in [0.29, 0.717) is 29.9 Å². The van der Waals surface area contributed by atoms with Crippen molar-refractivity contribution in [3.05, 3.63) is 57.6 Å². The summed E-state index contributed by atoms with van der Waals surface area (Å²) in [4.78, 5) is 20.9. The fraction of sp³-hybridized carbons (Fsp3) is 0.364. The number of hydrogen-bond donors (Lipinski definition) is 2. The van der Waals surface area contributed by atoms with Crippen molar-refractivity contribution >= 4 is 43.5 Å². The number of benzene rings is 1. The first-order valence-corrected chi connectivity index (χ1v) is 13.1. The number of carbonyl (C=O) groups is 1. The van der Waals surface area contributed by atoms with E-state index in [2.05, 4.69) is 41.0 Å². The van der Waals surface area contributed by atoms with Gasteiger partial charge in [0, 0.05) is 23.0 Å². The van der Waals surface area contributed by atoms with Crippen molar-refractivity contribution in [3.63, 3.8) is 0 Å². The Morgan fingerprint density at radius 2 is 1.72 bits per heavy atom. The molecule has 9 nitrogen and oxygen atoms in total. The maximum atomic E-state index is 13.4. The van der Waals surface area contributed by atoms with E-state index in [4.69, 9.17) is 0 Å². The molecule has 1 unspecified atom stereocenters. The number of nitrogens with zero attached hydrogens (tertiary/aromatic N) is 4. The molecule has 1 aromatic carbocycles. The predicted octanol–water partition coefficient (Wildman–Crippen LogP) is 4.95. The molecule has 1 aliphatic rings. The number of alkyl halides is 3. The molecule has 36 heavy (non-hydrogen) atoms. The lowest BCUT2D eigenvalue weighted by molar-refractivity contribution is -0.142. The molecule has 4 rings (SSSR count). The van der Waals surface area contributed by atoms with Gasteiger partial charge in [-0.1, -0.05) is 0 Å². The third kappa shape index (κ3) is 5.53. The number of aryl methyl sites for hydroxylation is 2. The van der Waals surface area contributed by atoms with Gasteiger partial charge in [0.15, 0.2) is 5.69 Å². The van der Waals surface area contributed by atoms with Gasteiger partial charge < -0.3 is 5.32 Å². The highest BCUT2D eigenvalue weighted by Crippen LogP contribution is 2.47. The Kier molecular flexibility index (Phi) is 6.86. The van der Waals surface area contributed by atoms with E-state index >= 15 is 0 Å². The topological polar surface area (TPSA) is 119 Å². The lowest BCUT2D eigenvalue weighted by Gasteiger charge is -2.16. The molecule has 1 atom stereocenters. The lowest BCUT2D eigenvalue weighted by atomic mass is 10.2. The molecule has 0 spiro atoms. The van der Waals surface area contributed by atoms with Gasteiger partial charge in [-0.2, -0.15) is 18.3 Å². The van der Waals surface area contributed by atoms with E-state index in [9.17, 15) is 26.4 Å². The molecule has 0 saturated heterocycles. The summed E-state index contributed by atoms with van der Waals surface area (Å²) in [7, 11) is -3.99. The second-order valence-corrected chi connectivity index (χ2v) is 11.0. The van der Waals surface area contributed by atoms with E-state index in [-0.39, 0.29) is 26.9 Å². The number of rotatable bonds is 7. The van der Waals surface area contributed by atoms with Crippen LogP contribution in [0.25, 0.3) is 0 Å². The highest BCUT2D eigenvalue weighted by Gasteiger charge is 2.43. The smallest absolute Gasteiger partial charge is 0.324 e. The molecule has 2 heterocycles. The number of carbonyl (C=O) groups excluding carboxylic acids is 1. The van der Waals surface area contributed by atoms with Crippen LogP contribution in [0.4, 0.5) is 24.8 Å². The first-order chi connectivity index (χ1) is 16.8. The first-order valence-electron chi connectivity index (χ1n) is 10.9. The Balaban J connectivity index is 1.50. The average molecular weight is 587 g/mol. The molecule has 192 valence electrons. The SMILES string of the molecule is Cc1cc(C)nc(NS(=O)(=O)c2ccc(NC(=O)C(C)n3nc(C(F)(F)F)c(Br)c3C3CC3)cc2)n1. The number of halogens is 4. The normalized spacial score (nSPS) is 15.0. The molecule has 1 fully saturated rings. The molecule has 2 N–H and O–H groups in total. The minimum absolute atomic E-state index is 0.0613. The Morgan fingerprint density at radius 1 is 1.14 bits per heavy atom. The van der Waals surface area contributed by atoms with Crippen LogP contribution in [0.2, 0.25) is 0 Å². The van der Waals surface area contributed by atoms with E-state index in [0.717, 1.165) is 4.68 Å². The molecule has 14 heteroatoms. The summed E-state index contributed by atoms with van der Waals surface area (Å²) >= 11 is 3.01. The maximum absolute atomic E-state index is 13.4. The van der Waals surface area contributed by atoms with Gasteiger partial charge in [-0.05, 0) is 79.9 Å². The summed E-state index contributed by atoms with van der Waals surface area (Å²) < 4.78 is 68.8. The number of nitrogens with one attached hydrogen (secondary N) is 2. The van der Waals surface area contributed by atoms with E-state index in [1.165, 1.54) is 31.2 Å². The standard InChI is InChI=1S/C22H22BrF3N6O3S/c1-11-10-12(2)28-21(27-11)31-36(34,35)16-8-6-15(7-9-16)29-20(33)13(3)32-18(14-4-5-14)17(23)19(30-32)22(24,25)26/h6-10,13-14H,4-5H2,1-3H3,(H,29,33)(H,27,28,31). The highest BCUT2D eigenvalue weighted by molar-refractivity contribution is 9.10. The predicted molar refractivity (Wildman–Crippen MR) is 129 cm³/mol. The van der Waals surface area contributed by atoms with Gasteiger partial charge in [0.2, 0.25) is 11.9 Å². The van der Waals surface area contributed by atoms with Crippen molar-refractivity contribution in [3.8, 4) is 0 Å². The monoisotopic (exact) mass is 586 g/mol. The largest absolute Gasteiger partial charge is 0.436 e. The Morgan fingerprint density at radius 3 is 2.25 bits per heavy atom. The van der Waals surface area contributed by atoms with Crippen LogP contribution in [-0.2, 0) is 21.0 Å². The molecule has 0 bridgehead atoms. The molecular weight excluding hydrogens is 565 g/mol. The zero-order valence-electron chi connectivity index (χ0n) is 19.4. The summed E-state index contributed by atoms with van der Waals surface area (Å²) in [5.74, 6) is -0.761. The van der Waals surface area contributed by atoms with Crippen LogP contribution < -0.4 is 10.0 Å². The van der Waals surface area contributed by atoms with Crippen LogP contribution in [-0.4, -0.2) is 34.1 Å². The number of sulfonamides is 1. The molecule has 2 aromatic heterocycles. The quantitative estimate of drug-likeness (QED) is 0.404. The van der Waals surface area contributed by atoms with E-state index in [1.54, 1.807) is 19.9 Å². The number of hydrogen-bond acceptors (Lipinski definition) is 6. The summed E-state index contributed by atoms with van der Waals surface area (Å²) in [5.41, 5.74) is 0.737. The minimum atomic E-state index is -4.67. The van der Waals surface area contributed by atoms with Crippen LogP contribution in [0.3, 0.4) is 0 Å². The van der Waals surface area contributed by atoms with E-state index < -0.39 is 33.8 Å². The zero-order valence-corrected chi connectivity index (χ0v) is 21.8. The highest BCUT2D eigenvalue weighted by atomic mass is 79.9. The molecule has 1 aliphatic carbocycles. The van der Waals surface area contributed by atoms with Crippen LogP contribution in [0.5, 0.6) is 0 Å². The Labute approximate surface area is 213 Å². The van der Waals surface area contributed by atoms with Crippen molar-refractivity contribution in [1.82, 2.24) is 19.7 Å². The molecule has 0 radical (unpaired) electrons. The van der Waals surface area contributed by atoms with Crippen molar-refractivity contribution in [2.24, 2.45) is 0 Å². The van der Waals surface area contributed by atoms with E-state index in [1.807, 2.05) is 0 Å². The fourth-order valence-corrected chi connectivity index (χ4v) is 5.41. The summed E-state index contributed by atoms with van der Waals surface area (Å²) in [6.45, 7) is 4.88. The van der Waals surface area contributed by atoms with Crippen LogP contribution in [0.15, 0.2) is 39.7 Å². The minimum Gasteiger partial charge on any atom is -0.324 e. The van der Waals surface area contributed by atoms with Gasteiger partial charge in [0.25, 0.3) is 10.0 Å². The number of aromatic nitrogens is 4. The van der Waals surface area contributed by atoms with Crippen LogP contribution >= 0.6 is 15.9 Å². The van der Waals surface area contributed by atoms with Crippen LogP contribution in [0.1, 0.15) is 54.5 Å². The second kappa shape index (κ2) is 9.47. The Hall–Kier alpha value is -3.00. The molecule has 1 amide bonds. The lowest BCUT2D eigenvalue weighted by Crippen LogP contribution is -2.26. The number of anilines is 2. The third-order valence-corrected chi connectivity index (χ3v) is 7.63. The molecule has 3 aromatic rings. The summed E-state index contributed by atoms with van der Waals surface area (Å²) in [6, 6.07) is 5.99. The van der Waals surface area contributed by atoms with Gasteiger partial charge in [-0.3, -0.25) is 9.48 Å². The van der Waals surface area contributed by atoms with Gasteiger partial charge in [0.1, 0.15) is 6.04 Å². The van der Waals surface area contributed by atoms with Crippen molar-refractivity contribution < 1.29 is 26.4 Å². The second-order valence-electron chi connectivity index (χ2n) is 8.53. The van der Waals surface area contributed by atoms with Gasteiger partial charge >= 0.3 is 6.18 Å². The zero-order chi connectivity index (χ0) is 26.4. The summed E-state index contributed by atoms with van der Waals surface area (Å²) in [6.07, 6.45) is -3.23. The van der Waals surface area contributed by atoms with Gasteiger partial charge in [-0.25, -0.2) is 23.1 Å². The van der Waals surface area contributed by atoms with Crippen molar-refractivity contribution in [2.75, 3.05) is 10.0 Å².